The van der Waals surface area contributed by atoms with Crippen LogP contribution in [0.5, 0.6) is 0 Å². The summed E-state index contributed by atoms with van der Waals surface area (Å²) < 4.78 is 0. The summed E-state index contributed by atoms with van der Waals surface area (Å²) >= 11 is 0. The van der Waals surface area contributed by atoms with Gasteiger partial charge in [0.05, 0.1) is 0 Å². The average molecular weight is 253 g/mol. The molecule has 0 aliphatic heterocycles. The first-order valence-corrected chi connectivity index (χ1v) is 6.39. The van der Waals surface area contributed by atoms with Crippen LogP contribution in [0, 0.1) is 0 Å². The maximum absolute atomic E-state index is 11.0. The summed E-state index contributed by atoms with van der Waals surface area (Å²) in [5.74, 6) is -0.394. The molecule has 2 aromatic rings. The zero-order valence-corrected chi connectivity index (χ0v) is 11.6. The number of rotatable bonds is 2. The van der Waals surface area contributed by atoms with E-state index in [2.05, 4.69) is 45.0 Å². The molecule has 98 valence electrons. The lowest BCUT2D eigenvalue weighted by atomic mass is 9.86. The van der Waals surface area contributed by atoms with Crippen molar-refractivity contribution >= 4 is 5.91 Å². The number of hydrogen-bond donors (Lipinski definition) is 1. The highest BCUT2D eigenvalue weighted by atomic mass is 16.1. The first kappa shape index (κ1) is 13.3. The van der Waals surface area contributed by atoms with Gasteiger partial charge < -0.3 is 5.73 Å². The van der Waals surface area contributed by atoms with E-state index in [1.165, 1.54) is 5.56 Å². The Hall–Kier alpha value is -2.09. The highest BCUT2D eigenvalue weighted by molar-refractivity contribution is 5.93. The third-order valence-electron chi connectivity index (χ3n) is 3.25. The molecule has 0 bridgehead atoms. The van der Waals surface area contributed by atoms with E-state index in [9.17, 15) is 4.79 Å². The van der Waals surface area contributed by atoms with Crippen molar-refractivity contribution < 1.29 is 4.79 Å². The van der Waals surface area contributed by atoms with Crippen LogP contribution in [0.4, 0.5) is 0 Å². The molecule has 0 atom stereocenters. The summed E-state index contributed by atoms with van der Waals surface area (Å²) in [5.41, 5.74) is 9.47. The normalized spacial score (nSPS) is 11.3. The minimum Gasteiger partial charge on any atom is -0.366 e. The van der Waals surface area contributed by atoms with Gasteiger partial charge in [-0.05, 0) is 34.2 Å². The molecule has 0 aromatic heterocycles. The topological polar surface area (TPSA) is 43.1 Å². The Kier molecular flexibility index (Phi) is 3.43. The molecule has 2 aromatic carbocycles. The largest absolute Gasteiger partial charge is 0.366 e. The molecule has 0 fully saturated rings. The molecule has 2 N–H and O–H groups in total. The number of carbonyl (C=O) groups is 1. The summed E-state index contributed by atoms with van der Waals surface area (Å²) in [7, 11) is 0. The molecule has 19 heavy (non-hydrogen) atoms. The van der Waals surface area contributed by atoms with Gasteiger partial charge in [-0.25, -0.2) is 0 Å². The van der Waals surface area contributed by atoms with E-state index in [4.69, 9.17) is 5.73 Å². The van der Waals surface area contributed by atoms with Crippen molar-refractivity contribution in [2.24, 2.45) is 5.73 Å². The van der Waals surface area contributed by atoms with Crippen molar-refractivity contribution in [3.05, 3.63) is 59.7 Å². The molecule has 0 saturated carbocycles. The fourth-order valence-corrected chi connectivity index (χ4v) is 1.99. The van der Waals surface area contributed by atoms with Crippen molar-refractivity contribution in [1.29, 1.82) is 0 Å². The standard InChI is InChI=1S/C17H19NO/c1-17(2,3)15-10-8-13(9-11-15)12-4-6-14(7-5-12)16(18)19/h4-11H,1-3H3,(H2,18,19). The Morgan fingerprint density at radius 2 is 1.26 bits per heavy atom. The zero-order valence-electron chi connectivity index (χ0n) is 11.6. The number of carbonyl (C=O) groups excluding carboxylic acids is 1. The van der Waals surface area contributed by atoms with E-state index >= 15 is 0 Å². The van der Waals surface area contributed by atoms with E-state index in [1.807, 2.05) is 12.1 Å². The second kappa shape index (κ2) is 4.88. The van der Waals surface area contributed by atoms with Crippen LogP contribution in [-0.2, 0) is 5.41 Å². The molecule has 2 rings (SSSR count). The van der Waals surface area contributed by atoms with Gasteiger partial charge in [0.2, 0.25) is 5.91 Å². The van der Waals surface area contributed by atoms with E-state index in [1.54, 1.807) is 12.1 Å². The monoisotopic (exact) mass is 253 g/mol. The Morgan fingerprint density at radius 3 is 1.63 bits per heavy atom. The van der Waals surface area contributed by atoms with Gasteiger partial charge in [0, 0.05) is 5.56 Å². The minimum atomic E-state index is -0.394. The summed E-state index contributed by atoms with van der Waals surface area (Å²) in [6.07, 6.45) is 0. The van der Waals surface area contributed by atoms with Crippen LogP contribution in [0.3, 0.4) is 0 Å². The fraction of sp³-hybridized carbons (Fsp3) is 0.235. The van der Waals surface area contributed by atoms with Gasteiger partial charge in [-0.1, -0.05) is 57.2 Å². The Balaban J connectivity index is 2.30. The van der Waals surface area contributed by atoms with Crippen LogP contribution >= 0.6 is 0 Å². The number of hydrogen-bond acceptors (Lipinski definition) is 1. The highest BCUT2D eigenvalue weighted by Crippen LogP contribution is 2.26. The number of benzene rings is 2. The number of nitrogens with two attached hydrogens (primary N) is 1. The Bertz CT molecular complexity index is 574. The van der Waals surface area contributed by atoms with Crippen LogP contribution in [0.15, 0.2) is 48.5 Å². The van der Waals surface area contributed by atoms with Gasteiger partial charge in [0.25, 0.3) is 0 Å². The lowest BCUT2D eigenvalue weighted by molar-refractivity contribution is 0.100. The Labute approximate surface area is 114 Å². The molecule has 0 spiro atoms. The molecule has 0 saturated heterocycles. The second-order valence-electron chi connectivity index (χ2n) is 5.77. The van der Waals surface area contributed by atoms with Crippen LogP contribution in [0.25, 0.3) is 11.1 Å². The molecule has 0 aliphatic carbocycles. The molecule has 1 amide bonds. The molecular formula is C17H19NO. The quantitative estimate of drug-likeness (QED) is 0.870. The molecule has 2 heteroatoms. The van der Waals surface area contributed by atoms with E-state index < -0.39 is 5.91 Å². The highest BCUT2D eigenvalue weighted by Gasteiger charge is 2.13. The Morgan fingerprint density at radius 1 is 0.842 bits per heavy atom. The van der Waals surface area contributed by atoms with Crippen molar-refractivity contribution in [3.8, 4) is 11.1 Å². The van der Waals surface area contributed by atoms with Crippen LogP contribution in [0.1, 0.15) is 36.7 Å². The van der Waals surface area contributed by atoms with E-state index in [0.717, 1.165) is 11.1 Å². The van der Waals surface area contributed by atoms with Gasteiger partial charge in [0.1, 0.15) is 0 Å². The van der Waals surface area contributed by atoms with E-state index in [0.29, 0.717) is 5.56 Å². The summed E-state index contributed by atoms with van der Waals surface area (Å²) in [4.78, 5) is 11.0. The van der Waals surface area contributed by atoms with Gasteiger partial charge in [-0.2, -0.15) is 0 Å². The second-order valence-corrected chi connectivity index (χ2v) is 5.77. The predicted octanol–water partition coefficient (Wildman–Crippen LogP) is 3.75. The van der Waals surface area contributed by atoms with Crippen molar-refractivity contribution in [3.63, 3.8) is 0 Å². The molecule has 0 radical (unpaired) electrons. The third kappa shape index (κ3) is 3.02. The lowest BCUT2D eigenvalue weighted by Crippen LogP contribution is -2.10. The van der Waals surface area contributed by atoms with Crippen molar-refractivity contribution in [2.45, 2.75) is 26.2 Å². The van der Waals surface area contributed by atoms with Gasteiger partial charge in [-0.3, -0.25) is 4.79 Å². The maximum Gasteiger partial charge on any atom is 0.248 e. The smallest absolute Gasteiger partial charge is 0.248 e. The van der Waals surface area contributed by atoms with Crippen LogP contribution < -0.4 is 5.73 Å². The van der Waals surface area contributed by atoms with Crippen LogP contribution in [-0.4, -0.2) is 5.91 Å². The summed E-state index contributed by atoms with van der Waals surface area (Å²) in [6.45, 7) is 6.59. The predicted molar refractivity (Wildman–Crippen MR) is 79.1 cm³/mol. The van der Waals surface area contributed by atoms with Crippen LogP contribution in [0.2, 0.25) is 0 Å². The number of primary amides is 1. The molecular weight excluding hydrogens is 234 g/mol. The molecule has 0 aliphatic rings. The first-order valence-electron chi connectivity index (χ1n) is 6.39. The fourth-order valence-electron chi connectivity index (χ4n) is 1.99. The van der Waals surface area contributed by atoms with Crippen molar-refractivity contribution in [2.75, 3.05) is 0 Å². The molecule has 0 heterocycles. The van der Waals surface area contributed by atoms with Gasteiger partial charge in [-0.15, -0.1) is 0 Å². The van der Waals surface area contributed by atoms with Gasteiger partial charge >= 0.3 is 0 Å². The lowest BCUT2D eigenvalue weighted by Gasteiger charge is -2.19. The SMILES string of the molecule is CC(C)(C)c1ccc(-c2ccc(C(N)=O)cc2)cc1. The van der Waals surface area contributed by atoms with Gasteiger partial charge in [0.15, 0.2) is 0 Å². The average Bonchev–Trinajstić information content (AvgIpc) is 2.38. The van der Waals surface area contributed by atoms with Crippen molar-refractivity contribution in [1.82, 2.24) is 0 Å². The summed E-state index contributed by atoms with van der Waals surface area (Å²) in [6, 6.07) is 15.9. The zero-order chi connectivity index (χ0) is 14.0. The minimum absolute atomic E-state index is 0.161. The molecule has 0 unspecified atom stereocenters. The molecule has 2 nitrogen and oxygen atoms in total. The maximum atomic E-state index is 11.0. The third-order valence-corrected chi connectivity index (χ3v) is 3.25. The summed E-state index contributed by atoms with van der Waals surface area (Å²) in [5, 5.41) is 0. The number of amides is 1. The first-order chi connectivity index (χ1) is 8.88. The van der Waals surface area contributed by atoms with E-state index in [-0.39, 0.29) is 5.41 Å².